The monoisotopic (exact) mass is 292 g/mol. The fraction of sp³-hybridized carbons (Fsp3) is 0.500. The highest BCUT2D eigenvalue weighted by Gasteiger charge is 2.21. The Balaban J connectivity index is 2.28. The normalized spacial score (nSPS) is 12.6. The molecule has 0 bridgehead atoms. The molecule has 1 rings (SSSR count). The van der Waals surface area contributed by atoms with Gasteiger partial charge in [0.25, 0.3) is 0 Å². The highest BCUT2D eigenvalue weighted by atomic mass is 16.6. The Morgan fingerprint density at radius 3 is 2.38 bits per heavy atom. The van der Waals surface area contributed by atoms with E-state index in [1.165, 1.54) is 0 Å². The standard InChI is InChI=1S/C16H24N2O3/c1-12(15(20)21-16(2,3)4)17-11-14(19)18-10-13-8-6-5-7-9-13/h5-9,12,17H,10-11H2,1-4H3,(H,18,19). The summed E-state index contributed by atoms with van der Waals surface area (Å²) in [6.45, 7) is 7.66. The van der Waals surface area contributed by atoms with Gasteiger partial charge in [-0.2, -0.15) is 0 Å². The largest absolute Gasteiger partial charge is 0.459 e. The zero-order chi connectivity index (χ0) is 15.9. The number of carbonyl (C=O) groups excluding carboxylic acids is 2. The molecule has 0 saturated carbocycles. The summed E-state index contributed by atoms with van der Waals surface area (Å²) in [4.78, 5) is 23.4. The number of rotatable bonds is 6. The molecule has 0 aliphatic rings. The van der Waals surface area contributed by atoms with Gasteiger partial charge in [-0.1, -0.05) is 30.3 Å². The summed E-state index contributed by atoms with van der Waals surface area (Å²) in [5, 5.41) is 5.64. The van der Waals surface area contributed by atoms with E-state index in [0.29, 0.717) is 6.54 Å². The topological polar surface area (TPSA) is 67.4 Å². The van der Waals surface area contributed by atoms with E-state index in [1.807, 2.05) is 51.1 Å². The molecule has 0 radical (unpaired) electrons. The van der Waals surface area contributed by atoms with Crippen LogP contribution in [0, 0.1) is 0 Å². The number of esters is 1. The van der Waals surface area contributed by atoms with E-state index in [2.05, 4.69) is 10.6 Å². The summed E-state index contributed by atoms with van der Waals surface area (Å²) >= 11 is 0. The SMILES string of the molecule is CC(NCC(=O)NCc1ccccc1)C(=O)OC(C)(C)C. The Kier molecular flexibility index (Phi) is 6.37. The van der Waals surface area contributed by atoms with Crippen LogP contribution < -0.4 is 10.6 Å². The van der Waals surface area contributed by atoms with E-state index >= 15 is 0 Å². The van der Waals surface area contributed by atoms with Gasteiger partial charge in [-0.05, 0) is 33.3 Å². The van der Waals surface area contributed by atoms with Crippen LogP contribution in [0.15, 0.2) is 30.3 Å². The van der Waals surface area contributed by atoms with Gasteiger partial charge in [-0.3, -0.25) is 14.9 Å². The maximum atomic E-state index is 11.7. The lowest BCUT2D eigenvalue weighted by Crippen LogP contribution is -2.43. The molecular weight excluding hydrogens is 268 g/mol. The second kappa shape index (κ2) is 7.78. The van der Waals surface area contributed by atoms with Gasteiger partial charge in [0, 0.05) is 6.54 Å². The molecule has 0 spiro atoms. The first-order valence-corrected chi connectivity index (χ1v) is 7.05. The third-order valence-electron chi connectivity index (χ3n) is 2.66. The first-order chi connectivity index (χ1) is 9.78. The molecule has 0 aromatic heterocycles. The number of hydrogen-bond donors (Lipinski definition) is 2. The van der Waals surface area contributed by atoms with Crippen LogP contribution >= 0.6 is 0 Å². The minimum atomic E-state index is -0.525. The van der Waals surface area contributed by atoms with Crippen molar-refractivity contribution < 1.29 is 14.3 Å². The van der Waals surface area contributed by atoms with Crippen LogP contribution in [0.3, 0.4) is 0 Å². The number of benzene rings is 1. The van der Waals surface area contributed by atoms with Gasteiger partial charge in [-0.15, -0.1) is 0 Å². The Hall–Kier alpha value is -1.88. The molecule has 5 heteroatoms. The molecule has 0 heterocycles. The van der Waals surface area contributed by atoms with Gasteiger partial charge in [0.15, 0.2) is 0 Å². The Bertz CT molecular complexity index is 466. The molecule has 2 N–H and O–H groups in total. The Morgan fingerprint density at radius 2 is 1.81 bits per heavy atom. The molecule has 0 saturated heterocycles. The molecule has 116 valence electrons. The minimum Gasteiger partial charge on any atom is -0.459 e. The van der Waals surface area contributed by atoms with Crippen molar-refractivity contribution >= 4 is 11.9 Å². The third kappa shape index (κ3) is 7.46. The number of carbonyl (C=O) groups is 2. The average Bonchev–Trinajstić information content (AvgIpc) is 2.41. The van der Waals surface area contributed by atoms with E-state index in [4.69, 9.17) is 4.74 Å². The van der Waals surface area contributed by atoms with Gasteiger partial charge in [0.05, 0.1) is 6.54 Å². The Morgan fingerprint density at radius 1 is 1.19 bits per heavy atom. The molecule has 0 aliphatic heterocycles. The lowest BCUT2D eigenvalue weighted by molar-refractivity contribution is -0.156. The lowest BCUT2D eigenvalue weighted by Gasteiger charge is -2.22. The highest BCUT2D eigenvalue weighted by Crippen LogP contribution is 2.08. The molecule has 0 fully saturated rings. The summed E-state index contributed by atoms with van der Waals surface area (Å²) in [6, 6.07) is 9.13. The van der Waals surface area contributed by atoms with Gasteiger partial charge >= 0.3 is 5.97 Å². The second-order valence-corrected chi connectivity index (χ2v) is 5.90. The second-order valence-electron chi connectivity index (χ2n) is 5.90. The maximum Gasteiger partial charge on any atom is 0.323 e. The summed E-state index contributed by atoms with van der Waals surface area (Å²) in [5.41, 5.74) is 0.508. The van der Waals surface area contributed by atoms with Crippen LogP contribution in [0.4, 0.5) is 0 Å². The zero-order valence-corrected chi connectivity index (χ0v) is 13.1. The molecule has 1 aromatic carbocycles. The number of hydrogen-bond acceptors (Lipinski definition) is 4. The average molecular weight is 292 g/mol. The molecule has 1 atom stereocenters. The van der Waals surface area contributed by atoms with Crippen molar-refractivity contribution in [3.8, 4) is 0 Å². The van der Waals surface area contributed by atoms with Gasteiger partial charge in [0.2, 0.25) is 5.91 Å². The van der Waals surface area contributed by atoms with Crippen LogP contribution in [0.2, 0.25) is 0 Å². The fourth-order valence-electron chi connectivity index (χ4n) is 1.58. The van der Waals surface area contributed by atoms with Crippen LogP contribution in [0.25, 0.3) is 0 Å². The third-order valence-corrected chi connectivity index (χ3v) is 2.66. The first kappa shape index (κ1) is 17.2. The Labute approximate surface area is 126 Å². The molecule has 21 heavy (non-hydrogen) atoms. The van der Waals surface area contributed by atoms with Crippen LogP contribution in [0.5, 0.6) is 0 Å². The van der Waals surface area contributed by atoms with E-state index in [9.17, 15) is 9.59 Å². The summed E-state index contributed by atoms with van der Waals surface area (Å²) in [6.07, 6.45) is 0. The van der Waals surface area contributed by atoms with Crippen molar-refractivity contribution in [2.75, 3.05) is 6.54 Å². The minimum absolute atomic E-state index is 0.0766. The van der Waals surface area contributed by atoms with Crippen molar-refractivity contribution in [1.29, 1.82) is 0 Å². The highest BCUT2D eigenvalue weighted by molar-refractivity contribution is 5.80. The first-order valence-electron chi connectivity index (χ1n) is 7.05. The van der Waals surface area contributed by atoms with Crippen LogP contribution in [-0.4, -0.2) is 30.1 Å². The molecule has 5 nitrogen and oxygen atoms in total. The van der Waals surface area contributed by atoms with Crippen molar-refractivity contribution in [2.24, 2.45) is 0 Å². The van der Waals surface area contributed by atoms with E-state index < -0.39 is 11.6 Å². The van der Waals surface area contributed by atoms with Gasteiger partial charge in [-0.25, -0.2) is 0 Å². The van der Waals surface area contributed by atoms with Crippen molar-refractivity contribution in [3.63, 3.8) is 0 Å². The van der Waals surface area contributed by atoms with Crippen molar-refractivity contribution in [2.45, 2.75) is 45.9 Å². The quantitative estimate of drug-likeness (QED) is 0.782. The van der Waals surface area contributed by atoms with Gasteiger partial charge < -0.3 is 10.1 Å². The molecule has 1 amide bonds. The fourth-order valence-corrected chi connectivity index (χ4v) is 1.58. The van der Waals surface area contributed by atoms with Crippen LogP contribution in [-0.2, 0) is 20.9 Å². The van der Waals surface area contributed by atoms with Crippen molar-refractivity contribution in [1.82, 2.24) is 10.6 Å². The van der Waals surface area contributed by atoms with Crippen molar-refractivity contribution in [3.05, 3.63) is 35.9 Å². The number of amides is 1. The smallest absolute Gasteiger partial charge is 0.323 e. The van der Waals surface area contributed by atoms with E-state index in [1.54, 1.807) is 6.92 Å². The lowest BCUT2D eigenvalue weighted by atomic mass is 10.2. The van der Waals surface area contributed by atoms with Crippen LogP contribution in [0.1, 0.15) is 33.3 Å². The summed E-state index contributed by atoms with van der Waals surface area (Å²) < 4.78 is 5.23. The van der Waals surface area contributed by atoms with E-state index in [0.717, 1.165) is 5.56 Å². The van der Waals surface area contributed by atoms with E-state index in [-0.39, 0.29) is 18.4 Å². The summed E-state index contributed by atoms with van der Waals surface area (Å²) in [7, 11) is 0. The molecule has 1 unspecified atom stereocenters. The molecule has 1 aromatic rings. The zero-order valence-electron chi connectivity index (χ0n) is 13.1. The molecular formula is C16H24N2O3. The number of nitrogens with one attached hydrogen (secondary N) is 2. The van der Waals surface area contributed by atoms with Gasteiger partial charge in [0.1, 0.15) is 11.6 Å². The summed E-state index contributed by atoms with van der Waals surface area (Å²) in [5.74, 6) is -0.521. The maximum absolute atomic E-state index is 11.7. The predicted octanol–water partition coefficient (Wildman–Crippen LogP) is 1.62. The predicted molar refractivity (Wildman–Crippen MR) is 81.6 cm³/mol. The number of ether oxygens (including phenoxy) is 1. The molecule has 0 aliphatic carbocycles.